The molecule has 0 bridgehead atoms. The number of nitrogens with zero attached hydrogens (tertiary/aromatic N) is 1. The maximum absolute atomic E-state index is 8.41. The molecule has 0 aliphatic heterocycles. The molecule has 1 saturated carbocycles. The lowest BCUT2D eigenvalue weighted by atomic mass is 9.86. The van der Waals surface area contributed by atoms with Gasteiger partial charge in [0.2, 0.25) is 0 Å². The molecule has 0 spiro atoms. The molecule has 0 atom stereocenters. The molecular weight excluding hydrogens is 124 g/mol. The van der Waals surface area contributed by atoms with E-state index in [0.29, 0.717) is 11.6 Å². The summed E-state index contributed by atoms with van der Waals surface area (Å²) in [6, 6.07) is 1.92. The van der Waals surface area contributed by atoms with Gasteiger partial charge in [-0.05, 0) is 12.8 Å². The van der Waals surface area contributed by atoms with Crippen LogP contribution < -0.4 is 0 Å². The highest BCUT2D eigenvalue weighted by Gasteiger charge is 2.16. The van der Waals surface area contributed by atoms with Crippen LogP contribution in [-0.2, 0) is 0 Å². The molecule has 2 heteroatoms. The molecule has 10 heavy (non-hydrogen) atoms. The third-order valence-corrected chi connectivity index (χ3v) is 2.13. The summed E-state index contributed by atoms with van der Waals surface area (Å²) in [6.45, 7) is 0. The summed E-state index contributed by atoms with van der Waals surface area (Å²) < 4.78 is 0. The van der Waals surface area contributed by atoms with Crippen LogP contribution in [0.15, 0.2) is 0 Å². The zero-order valence-corrected chi connectivity index (χ0v) is 6.06. The molecule has 0 radical (unpaired) electrons. The van der Waals surface area contributed by atoms with E-state index in [1.54, 1.807) is 0 Å². The van der Waals surface area contributed by atoms with Crippen molar-refractivity contribution >= 4 is 5.71 Å². The lowest BCUT2D eigenvalue weighted by Crippen LogP contribution is -2.14. The Balaban J connectivity index is 2.40. The summed E-state index contributed by atoms with van der Waals surface area (Å²) in [7, 11) is 0. The lowest BCUT2D eigenvalue weighted by molar-refractivity contribution is 0.440. The smallest absolute Gasteiger partial charge is 0.114 e. The molecule has 54 valence electrons. The minimum absolute atomic E-state index is 0.291. The van der Waals surface area contributed by atoms with Crippen LogP contribution in [0.25, 0.3) is 0 Å². The van der Waals surface area contributed by atoms with Gasteiger partial charge in [-0.15, -0.1) is 0 Å². The topological polar surface area (TPSA) is 47.6 Å². The fraction of sp³-hybridized carbons (Fsp3) is 0.750. The third kappa shape index (κ3) is 1.57. The van der Waals surface area contributed by atoms with Gasteiger partial charge in [-0.25, -0.2) is 0 Å². The predicted octanol–water partition coefficient (Wildman–Crippen LogP) is 2.11. The highest BCUT2D eigenvalue weighted by molar-refractivity contribution is 5.97. The SMILES string of the molecule is N#CC(=N)C1CCCCC1. The van der Waals surface area contributed by atoms with Crippen LogP contribution in [0.4, 0.5) is 0 Å². The van der Waals surface area contributed by atoms with E-state index in [0.717, 1.165) is 12.8 Å². The zero-order chi connectivity index (χ0) is 7.40. The molecule has 0 saturated heterocycles. The van der Waals surface area contributed by atoms with Crippen LogP contribution in [-0.4, -0.2) is 5.71 Å². The van der Waals surface area contributed by atoms with E-state index in [2.05, 4.69) is 0 Å². The largest absolute Gasteiger partial charge is 0.294 e. The van der Waals surface area contributed by atoms with Gasteiger partial charge in [0.05, 0.1) is 0 Å². The van der Waals surface area contributed by atoms with Crippen LogP contribution >= 0.6 is 0 Å². The number of hydrogen-bond acceptors (Lipinski definition) is 2. The molecule has 0 amide bonds. The number of nitriles is 1. The van der Waals surface area contributed by atoms with Crippen molar-refractivity contribution < 1.29 is 0 Å². The summed E-state index contributed by atoms with van der Waals surface area (Å²) in [5.41, 5.74) is 0.291. The van der Waals surface area contributed by atoms with Gasteiger partial charge in [-0.3, -0.25) is 5.41 Å². The summed E-state index contributed by atoms with van der Waals surface area (Å²) in [5, 5.41) is 15.7. The standard InChI is InChI=1S/C8H12N2/c9-6-8(10)7-4-2-1-3-5-7/h7,10H,1-5H2. The summed E-state index contributed by atoms with van der Waals surface area (Å²) in [4.78, 5) is 0. The monoisotopic (exact) mass is 136 g/mol. The van der Waals surface area contributed by atoms with Gasteiger partial charge in [-0.1, -0.05) is 19.3 Å². The Kier molecular flexibility index (Phi) is 2.44. The number of hydrogen-bond donors (Lipinski definition) is 1. The van der Waals surface area contributed by atoms with Crippen LogP contribution in [0, 0.1) is 22.7 Å². The summed E-state index contributed by atoms with van der Waals surface area (Å²) in [5.74, 6) is 0.291. The van der Waals surface area contributed by atoms with E-state index in [-0.39, 0.29) is 0 Å². The van der Waals surface area contributed by atoms with Crippen molar-refractivity contribution in [3.05, 3.63) is 0 Å². The minimum Gasteiger partial charge on any atom is -0.294 e. The van der Waals surface area contributed by atoms with Gasteiger partial charge in [0.1, 0.15) is 11.8 Å². The zero-order valence-electron chi connectivity index (χ0n) is 6.06. The third-order valence-electron chi connectivity index (χ3n) is 2.13. The van der Waals surface area contributed by atoms with Gasteiger partial charge in [-0.2, -0.15) is 5.26 Å². The van der Waals surface area contributed by atoms with E-state index in [4.69, 9.17) is 10.7 Å². The molecule has 2 nitrogen and oxygen atoms in total. The first-order valence-electron chi connectivity index (χ1n) is 3.83. The van der Waals surface area contributed by atoms with E-state index in [1.165, 1.54) is 19.3 Å². The van der Waals surface area contributed by atoms with Crippen molar-refractivity contribution in [1.29, 1.82) is 10.7 Å². The Bertz CT molecular complexity index is 161. The minimum atomic E-state index is 0.291. The highest BCUT2D eigenvalue weighted by atomic mass is 14.5. The first kappa shape index (κ1) is 7.27. The van der Waals surface area contributed by atoms with Crippen molar-refractivity contribution in [3.63, 3.8) is 0 Å². The van der Waals surface area contributed by atoms with Crippen molar-refractivity contribution in [1.82, 2.24) is 0 Å². The van der Waals surface area contributed by atoms with E-state index in [1.807, 2.05) is 6.07 Å². The summed E-state index contributed by atoms with van der Waals surface area (Å²) >= 11 is 0. The van der Waals surface area contributed by atoms with Gasteiger partial charge in [0.15, 0.2) is 0 Å². The molecule has 0 aromatic rings. The first-order chi connectivity index (χ1) is 4.84. The molecule has 0 aromatic carbocycles. The van der Waals surface area contributed by atoms with E-state index < -0.39 is 0 Å². The van der Waals surface area contributed by atoms with Gasteiger partial charge < -0.3 is 0 Å². The normalized spacial score (nSPS) is 19.9. The second kappa shape index (κ2) is 3.36. The molecule has 1 aliphatic rings. The second-order valence-corrected chi connectivity index (χ2v) is 2.86. The van der Waals surface area contributed by atoms with Gasteiger partial charge in [0, 0.05) is 5.92 Å². The number of nitrogens with one attached hydrogen (secondary N) is 1. The first-order valence-corrected chi connectivity index (χ1v) is 3.83. The van der Waals surface area contributed by atoms with E-state index >= 15 is 0 Å². The average molecular weight is 136 g/mol. The Morgan fingerprint density at radius 2 is 1.90 bits per heavy atom. The van der Waals surface area contributed by atoms with Crippen LogP contribution in [0.1, 0.15) is 32.1 Å². The highest BCUT2D eigenvalue weighted by Crippen LogP contribution is 2.23. The maximum Gasteiger partial charge on any atom is 0.114 e. The van der Waals surface area contributed by atoms with E-state index in [9.17, 15) is 0 Å². The maximum atomic E-state index is 8.41. The molecule has 1 fully saturated rings. The molecule has 0 unspecified atom stereocenters. The molecule has 1 rings (SSSR count). The van der Waals surface area contributed by atoms with Crippen molar-refractivity contribution in [2.75, 3.05) is 0 Å². The molecule has 0 heterocycles. The fourth-order valence-corrected chi connectivity index (χ4v) is 1.48. The van der Waals surface area contributed by atoms with Crippen molar-refractivity contribution in [3.8, 4) is 6.07 Å². The molecule has 1 aliphatic carbocycles. The lowest BCUT2D eigenvalue weighted by Gasteiger charge is -2.18. The Hall–Kier alpha value is -0.840. The van der Waals surface area contributed by atoms with Gasteiger partial charge in [0.25, 0.3) is 0 Å². The van der Waals surface area contributed by atoms with Crippen molar-refractivity contribution in [2.45, 2.75) is 32.1 Å². The van der Waals surface area contributed by atoms with Crippen molar-refractivity contribution in [2.24, 2.45) is 5.92 Å². The fourth-order valence-electron chi connectivity index (χ4n) is 1.48. The average Bonchev–Trinajstić information content (AvgIpc) is 2.05. The predicted molar refractivity (Wildman–Crippen MR) is 39.9 cm³/mol. The molecule has 0 aromatic heterocycles. The summed E-state index contributed by atoms with van der Waals surface area (Å²) in [6.07, 6.45) is 5.82. The second-order valence-electron chi connectivity index (χ2n) is 2.86. The Morgan fingerprint density at radius 1 is 1.30 bits per heavy atom. The van der Waals surface area contributed by atoms with Crippen LogP contribution in [0.5, 0.6) is 0 Å². The Labute approximate surface area is 61.4 Å². The number of rotatable bonds is 1. The van der Waals surface area contributed by atoms with Crippen LogP contribution in [0.2, 0.25) is 0 Å². The molecule has 1 N–H and O–H groups in total. The molecular formula is C8H12N2. The van der Waals surface area contributed by atoms with Gasteiger partial charge >= 0.3 is 0 Å². The van der Waals surface area contributed by atoms with Crippen LogP contribution in [0.3, 0.4) is 0 Å². The quantitative estimate of drug-likeness (QED) is 0.551. The Morgan fingerprint density at radius 3 is 2.40 bits per heavy atom.